The molecule has 0 radical (unpaired) electrons. The van der Waals surface area contributed by atoms with Crippen LogP contribution in [0.2, 0.25) is 19.6 Å². The molecule has 0 aliphatic carbocycles. The van der Waals surface area contributed by atoms with Gasteiger partial charge < -0.3 is 4.74 Å². The van der Waals surface area contributed by atoms with Crippen molar-refractivity contribution < 1.29 is 9.30 Å². The van der Waals surface area contributed by atoms with E-state index in [-0.39, 0.29) is 12.1 Å². The van der Waals surface area contributed by atoms with E-state index in [9.17, 15) is 4.57 Å². The van der Waals surface area contributed by atoms with Crippen molar-refractivity contribution >= 4 is 26.0 Å². The van der Waals surface area contributed by atoms with Gasteiger partial charge in [-0.1, -0.05) is 79.9 Å². The lowest BCUT2D eigenvalue weighted by atomic mass is 10.1. The normalized spacial score (nSPS) is 21.2. The minimum absolute atomic E-state index is 0.0738. The van der Waals surface area contributed by atoms with Gasteiger partial charge in [-0.3, -0.25) is 4.57 Å². The lowest BCUT2D eigenvalue weighted by molar-refractivity contribution is 0.414. The van der Waals surface area contributed by atoms with Gasteiger partial charge in [0.05, 0.1) is 27.3 Å². The summed E-state index contributed by atoms with van der Waals surface area (Å²) in [5, 5.41) is 1.76. The van der Waals surface area contributed by atoms with Gasteiger partial charge in [0.2, 0.25) is 7.29 Å². The molecule has 0 aromatic heterocycles. The Morgan fingerprint density at radius 1 is 0.839 bits per heavy atom. The third kappa shape index (κ3) is 4.47. The van der Waals surface area contributed by atoms with E-state index in [0.29, 0.717) is 0 Å². The van der Waals surface area contributed by atoms with Gasteiger partial charge in [-0.15, -0.1) is 0 Å². The molecule has 3 nitrogen and oxygen atoms in total. The van der Waals surface area contributed by atoms with Gasteiger partial charge in [0.1, 0.15) is 5.75 Å². The Morgan fingerprint density at radius 2 is 1.35 bits per heavy atom. The van der Waals surface area contributed by atoms with Gasteiger partial charge in [0.15, 0.2) is 0 Å². The summed E-state index contributed by atoms with van der Waals surface area (Å²) in [4.78, 5) is 0. The number of benzene rings is 3. The molecule has 0 amide bonds. The monoisotopic (exact) mass is 447 g/mol. The number of methoxy groups -OCH3 is 1. The maximum Gasteiger partial charge on any atom is 0.208 e. The zero-order valence-electron chi connectivity index (χ0n) is 18.6. The minimum Gasteiger partial charge on any atom is -0.497 e. The fourth-order valence-corrected chi connectivity index (χ4v) is 7.91. The summed E-state index contributed by atoms with van der Waals surface area (Å²) in [6.45, 7) is 6.98. The molecular formula is C26H30NO2PSi. The summed E-state index contributed by atoms with van der Waals surface area (Å²) < 4.78 is 22.5. The zero-order chi connectivity index (χ0) is 22.1. The molecule has 1 aliphatic rings. The molecule has 1 unspecified atom stereocenters. The smallest absolute Gasteiger partial charge is 0.208 e. The summed E-state index contributed by atoms with van der Waals surface area (Å²) in [5.41, 5.74) is 3.53. The second-order valence-corrected chi connectivity index (χ2v) is 16.8. The molecule has 1 aliphatic heterocycles. The molecule has 0 saturated carbocycles. The van der Waals surface area contributed by atoms with E-state index in [1.54, 1.807) is 7.11 Å². The van der Waals surface area contributed by atoms with Crippen molar-refractivity contribution in [1.29, 1.82) is 0 Å². The standard InChI is InChI=1S/C26H30NO2PSi/c1-29-22-17-15-21(16-18-22)26-25(19-20-31(2,3)4)27(26)30(28,23-11-7-5-8-12-23)24-13-9-6-10-14-24/h5-20,25-26H,1-4H3/b20-19+/t25-,26-,27?/m0/s1. The number of hydrogen-bond donors (Lipinski definition) is 0. The van der Waals surface area contributed by atoms with Crippen LogP contribution in [0.15, 0.2) is 96.7 Å². The summed E-state index contributed by atoms with van der Waals surface area (Å²) in [6.07, 6.45) is 2.29. The van der Waals surface area contributed by atoms with Crippen molar-refractivity contribution in [2.45, 2.75) is 31.7 Å². The van der Waals surface area contributed by atoms with Crippen molar-refractivity contribution in [2.75, 3.05) is 7.11 Å². The summed E-state index contributed by atoms with van der Waals surface area (Å²) in [5.74, 6) is 0.833. The highest BCUT2D eigenvalue weighted by Crippen LogP contribution is 2.64. The maximum absolute atomic E-state index is 14.9. The van der Waals surface area contributed by atoms with E-state index >= 15 is 0 Å². The number of rotatable bonds is 7. The first-order valence-corrected chi connectivity index (χ1v) is 15.9. The third-order valence-electron chi connectivity index (χ3n) is 5.61. The van der Waals surface area contributed by atoms with Crippen LogP contribution in [-0.2, 0) is 4.57 Å². The Morgan fingerprint density at radius 3 is 1.81 bits per heavy atom. The molecule has 0 bridgehead atoms. The lowest BCUT2D eigenvalue weighted by Gasteiger charge is -2.22. The van der Waals surface area contributed by atoms with Crippen LogP contribution < -0.4 is 15.3 Å². The average Bonchev–Trinajstić information content (AvgIpc) is 3.53. The first kappa shape index (κ1) is 21.8. The van der Waals surface area contributed by atoms with Crippen molar-refractivity contribution in [2.24, 2.45) is 0 Å². The maximum atomic E-state index is 14.9. The topological polar surface area (TPSA) is 29.3 Å². The Balaban J connectivity index is 1.83. The molecule has 3 aromatic carbocycles. The molecule has 1 fully saturated rings. The van der Waals surface area contributed by atoms with E-state index in [4.69, 9.17) is 4.74 Å². The van der Waals surface area contributed by atoms with Gasteiger partial charge in [-0.25, -0.2) is 4.67 Å². The Hall–Kier alpha value is -2.39. The Bertz CT molecular complexity index is 1050. The van der Waals surface area contributed by atoms with Crippen LogP contribution in [0.4, 0.5) is 0 Å². The lowest BCUT2D eigenvalue weighted by Crippen LogP contribution is -2.22. The molecule has 5 heteroatoms. The van der Waals surface area contributed by atoms with Gasteiger partial charge in [0, 0.05) is 10.6 Å². The molecule has 1 heterocycles. The van der Waals surface area contributed by atoms with Crippen LogP contribution in [0, 0.1) is 0 Å². The van der Waals surface area contributed by atoms with Crippen LogP contribution in [0.5, 0.6) is 5.75 Å². The first-order chi connectivity index (χ1) is 14.8. The Labute approximate surface area is 186 Å². The molecule has 31 heavy (non-hydrogen) atoms. The quantitative estimate of drug-likeness (QED) is 0.261. The average molecular weight is 448 g/mol. The van der Waals surface area contributed by atoms with E-state index in [1.165, 1.54) is 0 Å². The summed E-state index contributed by atoms with van der Waals surface area (Å²) in [7, 11) is -2.71. The highest BCUT2D eigenvalue weighted by Gasteiger charge is 2.57. The SMILES string of the molecule is COc1ccc([C@H]2[C@H](/C=C/[Si](C)(C)C)N2P(=O)(c2ccccc2)c2ccccc2)cc1. The van der Waals surface area contributed by atoms with E-state index < -0.39 is 15.4 Å². The summed E-state index contributed by atoms with van der Waals surface area (Å²) in [6, 6.07) is 28.2. The van der Waals surface area contributed by atoms with Crippen LogP contribution >= 0.6 is 7.29 Å². The van der Waals surface area contributed by atoms with Crippen molar-refractivity contribution in [1.82, 2.24) is 4.67 Å². The largest absolute Gasteiger partial charge is 0.497 e. The van der Waals surface area contributed by atoms with Gasteiger partial charge >= 0.3 is 0 Å². The molecule has 3 atom stereocenters. The molecular weight excluding hydrogens is 417 g/mol. The number of nitrogens with zero attached hydrogens (tertiary/aromatic N) is 1. The zero-order valence-corrected chi connectivity index (χ0v) is 20.5. The second kappa shape index (κ2) is 8.62. The molecule has 1 saturated heterocycles. The van der Waals surface area contributed by atoms with Crippen LogP contribution in [0.3, 0.4) is 0 Å². The molecule has 4 rings (SSSR count). The first-order valence-electron chi connectivity index (χ1n) is 10.7. The summed E-state index contributed by atoms with van der Waals surface area (Å²) >= 11 is 0. The minimum atomic E-state index is -3.00. The van der Waals surface area contributed by atoms with Crippen molar-refractivity contribution in [3.8, 4) is 5.75 Å². The van der Waals surface area contributed by atoms with E-state index in [0.717, 1.165) is 21.9 Å². The van der Waals surface area contributed by atoms with Gasteiger partial charge in [-0.2, -0.15) is 0 Å². The predicted molar refractivity (Wildman–Crippen MR) is 134 cm³/mol. The van der Waals surface area contributed by atoms with Gasteiger partial charge in [-0.05, 0) is 42.0 Å². The highest BCUT2D eigenvalue weighted by molar-refractivity contribution is 7.76. The van der Waals surface area contributed by atoms with Crippen molar-refractivity contribution in [3.63, 3.8) is 0 Å². The fraction of sp³-hybridized carbons (Fsp3) is 0.231. The number of ether oxygens (including phenoxy) is 1. The number of hydrogen-bond acceptors (Lipinski definition) is 2. The predicted octanol–water partition coefficient (Wildman–Crippen LogP) is 5.78. The third-order valence-corrected chi connectivity index (χ3v) is 9.97. The van der Waals surface area contributed by atoms with Crippen LogP contribution in [0.25, 0.3) is 0 Å². The molecule has 160 valence electrons. The van der Waals surface area contributed by atoms with Gasteiger partial charge in [0.25, 0.3) is 0 Å². The molecule has 3 aromatic rings. The highest BCUT2D eigenvalue weighted by atomic mass is 31.2. The molecule has 0 N–H and O–H groups in total. The fourth-order valence-electron chi connectivity index (χ4n) is 4.01. The van der Waals surface area contributed by atoms with E-state index in [2.05, 4.69) is 48.2 Å². The Kier molecular flexibility index (Phi) is 6.07. The van der Waals surface area contributed by atoms with Crippen LogP contribution in [0.1, 0.15) is 11.6 Å². The van der Waals surface area contributed by atoms with E-state index in [1.807, 2.05) is 72.8 Å². The van der Waals surface area contributed by atoms with Crippen molar-refractivity contribution in [3.05, 3.63) is 102 Å². The second-order valence-electron chi connectivity index (χ2n) is 9.06. The molecule has 0 spiro atoms. The van der Waals surface area contributed by atoms with Crippen LogP contribution in [-0.4, -0.2) is 25.9 Å².